The molecule has 1 aliphatic rings. The second kappa shape index (κ2) is 7.87. The Labute approximate surface area is 124 Å². The number of hydrogen-bond acceptors (Lipinski definition) is 5. The summed E-state index contributed by atoms with van der Waals surface area (Å²) in [5.74, 6) is -0.592. The minimum absolute atomic E-state index is 0. The third-order valence-electron chi connectivity index (χ3n) is 3.07. The lowest BCUT2D eigenvalue weighted by Gasteiger charge is -2.11. The van der Waals surface area contributed by atoms with Crippen LogP contribution in [-0.2, 0) is 25.5 Å². The van der Waals surface area contributed by atoms with E-state index in [1.54, 1.807) is 0 Å². The Morgan fingerprint density at radius 3 is 2.65 bits per heavy atom. The van der Waals surface area contributed by atoms with Gasteiger partial charge in [-0.05, 0) is 5.56 Å². The number of rotatable bonds is 4. The van der Waals surface area contributed by atoms with E-state index in [1.807, 2.05) is 30.3 Å². The summed E-state index contributed by atoms with van der Waals surface area (Å²) in [6.07, 6.45) is 0.452. The first-order valence-corrected chi connectivity index (χ1v) is 6.23. The molecule has 2 atom stereocenters. The van der Waals surface area contributed by atoms with Gasteiger partial charge in [-0.3, -0.25) is 9.59 Å². The van der Waals surface area contributed by atoms with Crippen LogP contribution in [0.25, 0.3) is 0 Å². The first-order valence-electron chi connectivity index (χ1n) is 6.23. The summed E-state index contributed by atoms with van der Waals surface area (Å²) >= 11 is 0. The molecule has 1 aliphatic heterocycles. The Balaban J connectivity index is 0.00000200. The van der Waals surface area contributed by atoms with E-state index in [4.69, 9.17) is 4.74 Å². The fourth-order valence-electron chi connectivity index (χ4n) is 2.10. The average Bonchev–Trinajstić information content (AvgIpc) is 2.87. The van der Waals surface area contributed by atoms with Gasteiger partial charge in [-0.1, -0.05) is 30.3 Å². The number of hydrogen-bond donors (Lipinski definition) is 1. The van der Waals surface area contributed by atoms with Crippen molar-refractivity contribution in [3.8, 4) is 0 Å². The summed E-state index contributed by atoms with van der Waals surface area (Å²) in [5, 5.41) is 2.97. The molecule has 6 heteroatoms. The van der Waals surface area contributed by atoms with Gasteiger partial charge in [0.15, 0.2) is 0 Å². The first kappa shape index (κ1) is 16.5. The minimum Gasteiger partial charge on any atom is -0.468 e. The molecule has 20 heavy (non-hydrogen) atoms. The molecule has 110 valence electrons. The van der Waals surface area contributed by atoms with Crippen LogP contribution in [0.1, 0.15) is 12.0 Å². The Morgan fingerprint density at radius 2 is 2.00 bits per heavy atom. The number of esters is 2. The molecule has 1 heterocycles. The van der Waals surface area contributed by atoms with E-state index >= 15 is 0 Å². The number of benzene rings is 1. The van der Waals surface area contributed by atoms with Gasteiger partial charge in [-0.25, -0.2) is 0 Å². The van der Waals surface area contributed by atoms with Crippen LogP contribution in [0.2, 0.25) is 0 Å². The Hall–Kier alpha value is -1.59. The molecule has 5 nitrogen and oxygen atoms in total. The van der Waals surface area contributed by atoms with Crippen LogP contribution < -0.4 is 5.32 Å². The van der Waals surface area contributed by atoms with Crippen LogP contribution in [0, 0.1) is 0 Å². The summed E-state index contributed by atoms with van der Waals surface area (Å²) in [6, 6.07) is 9.05. The maximum absolute atomic E-state index is 11.7. The van der Waals surface area contributed by atoms with Crippen molar-refractivity contribution in [3.05, 3.63) is 35.9 Å². The molecule has 0 aliphatic carbocycles. The largest absolute Gasteiger partial charge is 0.468 e. The smallest absolute Gasteiger partial charge is 0.323 e. The van der Waals surface area contributed by atoms with E-state index in [1.165, 1.54) is 7.11 Å². The highest BCUT2D eigenvalue weighted by Gasteiger charge is 2.32. The van der Waals surface area contributed by atoms with Crippen LogP contribution in [0.15, 0.2) is 30.3 Å². The van der Waals surface area contributed by atoms with Crippen LogP contribution >= 0.6 is 12.4 Å². The van der Waals surface area contributed by atoms with Gasteiger partial charge in [-0.15, -0.1) is 12.4 Å². The maximum atomic E-state index is 11.7. The zero-order valence-electron chi connectivity index (χ0n) is 11.2. The van der Waals surface area contributed by atoms with Crippen molar-refractivity contribution in [2.45, 2.75) is 25.0 Å². The monoisotopic (exact) mass is 299 g/mol. The van der Waals surface area contributed by atoms with Gasteiger partial charge in [0.2, 0.25) is 0 Å². The predicted molar refractivity (Wildman–Crippen MR) is 75.7 cm³/mol. The number of ether oxygens (including phenoxy) is 2. The van der Waals surface area contributed by atoms with Crippen molar-refractivity contribution in [1.29, 1.82) is 0 Å². The predicted octanol–water partition coefficient (Wildman–Crippen LogP) is 1.10. The fourth-order valence-corrected chi connectivity index (χ4v) is 2.10. The molecule has 0 aromatic heterocycles. The third-order valence-corrected chi connectivity index (χ3v) is 3.07. The van der Waals surface area contributed by atoms with Crippen molar-refractivity contribution in [2.24, 2.45) is 0 Å². The number of halogens is 1. The number of carbonyl (C=O) groups is 2. The van der Waals surface area contributed by atoms with E-state index in [2.05, 4.69) is 10.1 Å². The average molecular weight is 300 g/mol. The second-order valence-electron chi connectivity index (χ2n) is 4.49. The van der Waals surface area contributed by atoms with Gasteiger partial charge in [0.25, 0.3) is 0 Å². The van der Waals surface area contributed by atoms with Gasteiger partial charge in [0.05, 0.1) is 13.5 Å². The molecular weight excluding hydrogens is 282 g/mol. The molecule has 0 amide bonds. The normalized spacial score (nSPS) is 20.9. The molecule has 0 spiro atoms. The van der Waals surface area contributed by atoms with Gasteiger partial charge >= 0.3 is 11.9 Å². The lowest BCUT2D eigenvalue weighted by atomic mass is 10.1. The van der Waals surface area contributed by atoms with Crippen molar-refractivity contribution >= 4 is 24.3 Å². The third kappa shape index (κ3) is 4.51. The topological polar surface area (TPSA) is 64.6 Å². The molecular formula is C14H18ClNO4. The molecule has 1 fully saturated rings. The molecule has 0 saturated carbocycles. The van der Waals surface area contributed by atoms with Crippen molar-refractivity contribution in [1.82, 2.24) is 5.32 Å². The zero-order valence-corrected chi connectivity index (χ0v) is 12.0. The summed E-state index contributed by atoms with van der Waals surface area (Å²) in [4.78, 5) is 23.1. The first-order chi connectivity index (χ1) is 9.19. The Bertz CT molecular complexity index is 452. The molecule has 1 N–H and O–H groups in total. The van der Waals surface area contributed by atoms with E-state index in [-0.39, 0.29) is 42.9 Å². The molecule has 0 unspecified atom stereocenters. The highest BCUT2D eigenvalue weighted by Crippen LogP contribution is 2.13. The van der Waals surface area contributed by atoms with E-state index in [0.717, 1.165) is 5.56 Å². The van der Waals surface area contributed by atoms with Crippen molar-refractivity contribution in [2.75, 3.05) is 13.7 Å². The molecule has 2 rings (SSSR count). The van der Waals surface area contributed by atoms with Gasteiger partial charge in [-0.2, -0.15) is 0 Å². The summed E-state index contributed by atoms with van der Waals surface area (Å²) in [5.41, 5.74) is 0.919. The fraction of sp³-hybridized carbons (Fsp3) is 0.429. The van der Waals surface area contributed by atoms with Crippen LogP contribution in [0.5, 0.6) is 0 Å². The summed E-state index contributed by atoms with van der Waals surface area (Å²) < 4.78 is 9.97. The van der Waals surface area contributed by atoms with E-state index < -0.39 is 0 Å². The molecule has 1 saturated heterocycles. The highest BCUT2D eigenvalue weighted by molar-refractivity contribution is 5.85. The zero-order chi connectivity index (χ0) is 13.7. The molecule has 0 radical (unpaired) electrons. The minimum atomic E-state index is -0.375. The van der Waals surface area contributed by atoms with E-state index in [0.29, 0.717) is 13.0 Å². The molecule has 0 bridgehead atoms. The number of carbonyl (C=O) groups excluding carboxylic acids is 2. The van der Waals surface area contributed by atoms with Crippen LogP contribution in [0.4, 0.5) is 0 Å². The summed E-state index contributed by atoms with van der Waals surface area (Å²) in [6.45, 7) is 0.486. The SMILES string of the molecule is COC(=O)[C@@H]1C[C@@H](OC(=O)Cc2ccccc2)CN1.Cl. The molecule has 1 aromatic carbocycles. The second-order valence-corrected chi connectivity index (χ2v) is 4.49. The Kier molecular flexibility index (Phi) is 6.48. The van der Waals surface area contributed by atoms with Crippen molar-refractivity contribution in [3.63, 3.8) is 0 Å². The van der Waals surface area contributed by atoms with Gasteiger partial charge in [0.1, 0.15) is 12.1 Å². The Morgan fingerprint density at radius 1 is 1.30 bits per heavy atom. The quantitative estimate of drug-likeness (QED) is 0.844. The summed E-state index contributed by atoms with van der Waals surface area (Å²) in [7, 11) is 1.35. The van der Waals surface area contributed by atoms with Crippen LogP contribution in [-0.4, -0.2) is 37.7 Å². The maximum Gasteiger partial charge on any atom is 0.323 e. The van der Waals surface area contributed by atoms with Crippen molar-refractivity contribution < 1.29 is 19.1 Å². The number of nitrogens with one attached hydrogen (secondary N) is 1. The van der Waals surface area contributed by atoms with E-state index in [9.17, 15) is 9.59 Å². The lowest BCUT2D eigenvalue weighted by Crippen LogP contribution is -2.31. The van der Waals surface area contributed by atoms with Gasteiger partial charge < -0.3 is 14.8 Å². The van der Waals surface area contributed by atoms with Crippen LogP contribution in [0.3, 0.4) is 0 Å². The lowest BCUT2D eigenvalue weighted by molar-refractivity contribution is -0.149. The highest BCUT2D eigenvalue weighted by atomic mass is 35.5. The van der Waals surface area contributed by atoms with Gasteiger partial charge in [0, 0.05) is 13.0 Å². The number of methoxy groups -OCH3 is 1. The standard InChI is InChI=1S/C14H17NO4.ClH/c1-18-14(17)12-8-11(9-15-12)19-13(16)7-10-5-3-2-4-6-10;/h2-6,11-12,15H,7-9H2,1H3;1H/t11-,12+;/m1./s1. The molecule has 1 aromatic rings.